The van der Waals surface area contributed by atoms with Crippen molar-refractivity contribution in [2.75, 3.05) is 41.9 Å². The van der Waals surface area contributed by atoms with Gasteiger partial charge in [0, 0.05) is 30.5 Å². The van der Waals surface area contributed by atoms with Gasteiger partial charge in [-0.3, -0.25) is 10.1 Å². The fraction of sp³-hybridized carbons (Fsp3) is 0.174. The van der Waals surface area contributed by atoms with Gasteiger partial charge in [0.1, 0.15) is 0 Å². The molecular weight excluding hydrogens is 473 g/mol. The molecule has 5 rings (SSSR count). The van der Waals surface area contributed by atoms with E-state index in [9.17, 15) is 4.39 Å². The molecule has 0 spiro atoms. The maximum atomic E-state index is 14.1. The Kier molecular flexibility index (Phi) is 6.77. The van der Waals surface area contributed by atoms with E-state index in [0.29, 0.717) is 37.0 Å². The van der Waals surface area contributed by atoms with Crippen molar-refractivity contribution in [3.63, 3.8) is 0 Å². The zero-order chi connectivity index (χ0) is 24.0. The van der Waals surface area contributed by atoms with Crippen LogP contribution in [0, 0.1) is 5.82 Å². The molecule has 10 nitrogen and oxygen atoms in total. The minimum Gasteiger partial charge on any atom is -0.378 e. The number of hydrogen-bond acceptors (Lipinski definition) is 9. The summed E-state index contributed by atoms with van der Waals surface area (Å²) in [5.41, 5.74) is 6.68. The Morgan fingerprint density at radius 3 is 2.69 bits per heavy atom. The van der Waals surface area contributed by atoms with Crippen molar-refractivity contribution in [3.05, 3.63) is 71.5 Å². The van der Waals surface area contributed by atoms with Crippen molar-refractivity contribution in [1.29, 1.82) is 0 Å². The van der Waals surface area contributed by atoms with E-state index in [1.165, 1.54) is 6.21 Å². The Labute approximate surface area is 205 Å². The lowest BCUT2D eigenvalue weighted by Gasteiger charge is -2.27. The first kappa shape index (κ1) is 22.7. The van der Waals surface area contributed by atoms with E-state index in [1.807, 2.05) is 35.2 Å². The first-order valence-electron chi connectivity index (χ1n) is 10.8. The normalized spacial score (nSPS) is 13.8. The Morgan fingerprint density at radius 2 is 1.94 bits per heavy atom. The molecule has 3 N–H and O–H groups in total. The Morgan fingerprint density at radius 1 is 1.09 bits per heavy atom. The molecule has 0 atom stereocenters. The SMILES string of the molecule is Fc1cnc(N/N=C/c2ccc(Nc3ccc(-c4ccn[nH]4)c(Cl)c3)cn2)nc1N1CCOCC1. The third-order valence-electron chi connectivity index (χ3n) is 5.23. The molecule has 1 aliphatic heterocycles. The number of nitrogens with one attached hydrogen (secondary N) is 3. The number of rotatable bonds is 7. The van der Waals surface area contributed by atoms with Crippen molar-refractivity contribution in [2.45, 2.75) is 0 Å². The summed E-state index contributed by atoms with van der Waals surface area (Å²) in [5, 5.41) is 14.8. The highest BCUT2D eigenvalue weighted by Gasteiger charge is 2.17. The van der Waals surface area contributed by atoms with Crippen molar-refractivity contribution in [3.8, 4) is 11.3 Å². The minimum atomic E-state index is -0.483. The van der Waals surface area contributed by atoms with Crippen LogP contribution in [0.15, 0.2) is 60.1 Å². The van der Waals surface area contributed by atoms with Gasteiger partial charge in [-0.15, -0.1) is 0 Å². The van der Waals surface area contributed by atoms with Gasteiger partial charge in [-0.2, -0.15) is 15.2 Å². The molecule has 1 fully saturated rings. The van der Waals surface area contributed by atoms with Gasteiger partial charge in [-0.25, -0.2) is 14.8 Å². The molecule has 0 bridgehead atoms. The second-order valence-corrected chi connectivity index (χ2v) is 8.00. The molecule has 1 aliphatic rings. The summed E-state index contributed by atoms with van der Waals surface area (Å²) >= 11 is 6.42. The highest BCUT2D eigenvalue weighted by Crippen LogP contribution is 2.30. The van der Waals surface area contributed by atoms with Crippen LogP contribution < -0.4 is 15.6 Å². The number of H-pyrrole nitrogens is 1. The van der Waals surface area contributed by atoms with Crippen LogP contribution in [0.2, 0.25) is 5.02 Å². The number of benzene rings is 1. The van der Waals surface area contributed by atoms with Crippen molar-refractivity contribution in [1.82, 2.24) is 25.1 Å². The number of hydrazone groups is 1. The molecule has 4 aromatic rings. The average molecular weight is 494 g/mol. The maximum Gasteiger partial charge on any atom is 0.245 e. The molecule has 1 saturated heterocycles. The predicted octanol–water partition coefficient (Wildman–Crippen LogP) is 4.08. The standard InChI is InChI=1S/C23H21ClFN9O/c24-19-11-15(3-4-18(19)21-5-6-28-32-21)30-17-2-1-16(26-12-17)13-29-33-23-27-14-20(25)22(31-23)34-7-9-35-10-8-34/h1-6,11-14,30H,7-10H2,(H,28,32)(H,27,31,33)/b29-13+. The number of anilines is 4. The number of aromatic amines is 1. The van der Waals surface area contributed by atoms with Crippen molar-refractivity contribution in [2.24, 2.45) is 5.10 Å². The zero-order valence-corrected chi connectivity index (χ0v) is 19.2. The first-order valence-corrected chi connectivity index (χ1v) is 11.2. The number of hydrogen-bond donors (Lipinski definition) is 3. The largest absolute Gasteiger partial charge is 0.378 e. The Balaban J connectivity index is 1.20. The van der Waals surface area contributed by atoms with Gasteiger partial charge in [0.05, 0.1) is 53.9 Å². The van der Waals surface area contributed by atoms with E-state index in [-0.39, 0.29) is 11.8 Å². The van der Waals surface area contributed by atoms with Gasteiger partial charge in [0.15, 0.2) is 11.6 Å². The lowest BCUT2D eigenvalue weighted by atomic mass is 10.1. The number of aromatic nitrogens is 5. The van der Waals surface area contributed by atoms with Crippen LogP contribution in [0.5, 0.6) is 0 Å². The molecule has 12 heteroatoms. The Bertz CT molecular complexity index is 1310. The summed E-state index contributed by atoms with van der Waals surface area (Å²) < 4.78 is 19.4. The van der Waals surface area contributed by atoms with Crippen molar-refractivity contribution >= 4 is 41.0 Å². The van der Waals surface area contributed by atoms with E-state index >= 15 is 0 Å². The fourth-order valence-corrected chi connectivity index (χ4v) is 3.79. The highest BCUT2D eigenvalue weighted by molar-refractivity contribution is 6.33. The minimum absolute atomic E-state index is 0.192. The number of pyridine rings is 1. The predicted molar refractivity (Wildman–Crippen MR) is 133 cm³/mol. The van der Waals surface area contributed by atoms with Gasteiger partial charge >= 0.3 is 0 Å². The second-order valence-electron chi connectivity index (χ2n) is 7.60. The number of nitrogens with zero attached hydrogens (tertiary/aromatic N) is 6. The van der Waals surface area contributed by atoms with Crippen LogP contribution >= 0.6 is 11.6 Å². The van der Waals surface area contributed by atoms with Gasteiger partial charge in [0.25, 0.3) is 0 Å². The van der Waals surface area contributed by atoms with Gasteiger partial charge < -0.3 is 15.0 Å². The van der Waals surface area contributed by atoms with Crippen molar-refractivity contribution < 1.29 is 9.13 Å². The smallest absolute Gasteiger partial charge is 0.245 e. The van der Waals surface area contributed by atoms with Gasteiger partial charge in [-0.05, 0) is 36.4 Å². The highest BCUT2D eigenvalue weighted by atomic mass is 35.5. The van der Waals surface area contributed by atoms with Crippen LogP contribution in [-0.4, -0.2) is 57.7 Å². The molecule has 35 heavy (non-hydrogen) atoms. The second kappa shape index (κ2) is 10.5. The molecule has 0 amide bonds. The molecule has 178 valence electrons. The number of ether oxygens (including phenoxy) is 1. The molecule has 0 aliphatic carbocycles. The van der Waals surface area contributed by atoms with E-state index in [4.69, 9.17) is 16.3 Å². The molecule has 4 heterocycles. The van der Waals surface area contributed by atoms with E-state index in [1.54, 1.807) is 18.5 Å². The topological polar surface area (TPSA) is 116 Å². The van der Waals surface area contributed by atoms with E-state index in [2.05, 4.69) is 41.0 Å². The molecular formula is C23H21ClFN9O. The molecule has 0 unspecified atom stereocenters. The maximum absolute atomic E-state index is 14.1. The Hall–Kier alpha value is -4.09. The van der Waals surface area contributed by atoms with Crippen LogP contribution in [-0.2, 0) is 4.74 Å². The van der Waals surface area contributed by atoms with Crippen LogP contribution in [0.25, 0.3) is 11.3 Å². The summed E-state index contributed by atoms with van der Waals surface area (Å²) in [6.07, 6.45) is 6.02. The quantitative estimate of drug-likeness (QED) is 0.260. The monoisotopic (exact) mass is 493 g/mol. The average Bonchev–Trinajstić information content (AvgIpc) is 3.41. The molecule has 0 radical (unpaired) electrons. The number of halogens is 2. The third kappa shape index (κ3) is 5.53. The van der Waals surface area contributed by atoms with Crippen LogP contribution in [0.4, 0.5) is 27.5 Å². The summed E-state index contributed by atoms with van der Waals surface area (Å²) in [7, 11) is 0. The van der Waals surface area contributed by atoms with Gasteiger partial charge in [-0.1, -0.05) is 11.6 Å². The first-order chi connectivity index (χ1) is 17.2. The van der Waals surface area contributed by atoms with E-state index in [0.717, 1.165) is 28.8 Å². The third-order valence-corrected chi connectivity index (χ3v) is 5.55. The lowest BCUT2D eigenvalue weighted by molar-refractivity contribution is 0.122. The summed E-state index contributed by atoms with van der Waals surface area (Å²) in [5.74, 6) is -0.0615. The summed E-state index contributed by atoms with van der Waals surface area (Å²) in [6.45, 7) is 2.21. The summed E-state index contributed by atoms with van der Waals surface area (Å²) in [6, 6.07) is 11.2. The molecule has 0 saturated carbocycles. The van der Waals surface area contributed by atoms with Crippen LogP contribution in [0.3, 0.4) is 0 Å². The fourth-order valence-electron chi connectivity index (χ4n) is 3.50. The molecule has 3 aromatic heterocycles. The van der Waals surface area contributed by atoms with Crippen LogP contribution in [0.1, 0.15) is 5.69 Å². The lowest BCUT2D eigenvalue weighted by Crippen LogP contribution is -2.37. The zero-order valence-electron chi connectivity index (χ0n) is 18.4. The molecule has 1 aromatic carbocycles. The summed E-state index contributed by atoms with van der Waals surface area (Å²) in [4.78, 5) is 14.4. The van der Waals surface area contributed by atoms with Gasteiger partial charge in [0.2, 0.25) is 5.95 Å². The van der Waals surface area contributed by atoms with E-state index < -0.39 is 5.82 Å². The number of morpholine rings is 1.